The minimum absolute atomic E-state index is 0.0854. The molecule has 0 saturated carbocycles. The Labute approximate surface area is 110 Å². The third-order valence-corrected chi connectivity index (χ3v) is 3.45. The van der Waals surface area contributed by atoms with E-state index in [-0.39, 0.29) is 11.4 Å². The summed E-state index contributed by atoms with van der Waals surface area (Å²) in [4.78, 5) is 0. The predicted octanol–water partition coefficient (Wildman–Crippen LogP) is 3.16. The Morgan fingerprint density at radius 1 is 1.28 bits per heavy atom. The van der Waals surface area contributed by atoms with Crippen LogP contribution in [0.1, 0.15) is 32.3 Å². The van der Waals surface area contributed by atoms with Crippen LogP contribution in [0.2, 0.25) is 0 Å². The normalized spacial score (nSPS) is 13.6. The van der Waals surface area contributed by atoms with Gasteiger partial charge in [-0.15, -0.1) is 0 Å². The molecule has 0 fully saturated rings. The van der Waals surface area contributed by atoms with E-state index in [1.165, 1.54) is 12.1 Å². The first-order valence-corrected chi connectivity index (χ1v) is 6.44. The summed E-state index contributed by atoms with van der Waals surface area (Å²) in [5.41, 5.74) is 1.07. The number of hydrogen-bond donors (Lipinski definition) is 1. The van der Waals surface area contributed by atoms with Crippen LogP contribution in [0.25, 0.3) is 0 Å². The third-order valence-electron chi connectivity index (χ3n) is 3.45. The fourth-order valence-electron chi connectivity index (χ4n) is 1.88. The van der Waals surface area contributed by atoms with Crippen LogP contribution in [0.15, 0.2) is 24.3 Å². The summed E-state index contributed by atoms with van der Waals surface area (Å²) in [6.45, 7) is 4.19. The maximum atomic E-state index is 12.8. The van der Waals surface area contributed by atoms with Crippen molar-refractivity contribution in [1.29, 1.82) is 0 Å². The molecule has 1 unspecified atom stereocenters. The number of methoxy groups -OCH3 is 1. The van der Waals surface area contributed by atoms with Gasteiger partial charge in [-0.05, 0) is 57.9 Å². The van der Waals surface area contributed by atoms with Gasteiger partial charge in [-0.25, -0.2) is 4.39 Å². The van der Waals surface area contributed by atoms with Gasteiger partial charge < -0.3 is 10.1 Å². The van der Waals surface area contributed by atoms with Gasteiger partial charge in [0, 0.05) is 13.2 Å². The molecule has 1 N–H and O–H groups in total. The number of hydrogen-bond acceptors (Lipinski definition) is 2. The van der Waals surface area contributed by atoms with Crippen molar-refractivity contribution in [1.82, 2.24) is 5.32 Å². The second-order valence-corrected chi connectivity index (χ2v) is 5.32. The summed E-state index contributed by atoms with van der Waals surface area (Å²) >= 11 is 0. The number of rotatable bonds is 7. The summed E-state index contributed by atoms with van der Waals surface area (Å²) < 4.78 is 18.2. The van der Waals surface area contributed by atoms with Crippen molar-refractivity contribution >= 4 is 0 Å². The van der Waals surface area contributed by atoms with Gasteiger partial charge in [0.25, 0.3) is 0 Å². The van der Waals surface area contributed by atoms with E-state index in [1.807, 2.05) is 19.2 Å². The smallest absolute Gasteiger partial charge is 0.123 e. The van der Waals surface area contributed by atoms with Gasteiger partial charge in [0.05, 0.1) is 5.60 Å². The zero-order chi connectivity index (χ0) is 13.6. The maximum Gasteiger partial charge on any atom is 0.123 e. The molecule has 102 valence electrons. The Hall–Kier alpha value is -0.930. The van der Waals surface area contributed by atoms with E-state index >= 15 is 0 Å². The first-order chi connectivity index (χ1) is 8.46. The molecule has 0 aliphatic carbocycles. The van der Waals surface area contributed by atoms with Gasteiger partial charge in [0.15, 0.2) is 0 Å². The molecular weight excluding hydrogens is 229 g/mol. The van der Waals surface area contributed by atoms with Crippen molar-refractivity contribution in [2.45, 2.75) is 44.8 Å². The highest BCUT2D eigenvalue weighted by Crippen LogP contribution is 2.18. The number of nitrogens with one attached hydrogen (secondary N) is 1. The number of halogens is 1. The molecule has 0 heterocycles. The number of ether oxygens (including phenoxy) is 1. The highest BCUT2D eigenvalue weighted by molar-refractivity contribution is 5.17. The van der Waals surface area contributed by atoms with E-state index in [1.54, 1.807) is 7.11 Å². The van der Waals surface area contributed by atoms with Crippen molar-refractivity contribution in [2.75, 3.05) is 14.2 Å². The second kappa shape index (κ2) is 6.86. The van der Waals surface area contributed by atoms with Crippen LogP contribution in [0.5, 0.6) is 0 Å². The fraction of sp³-hybridized carbons (Fsp3) is 0.600. The van der Waals surface area contributed by atoms with Gasteiger partial charge in [-0.2, -0.15) is 0 Å². The molecule has 2 nitrogen and oxygen atoms in total. The van der Waals surface area contributed by atoms with Gasteiger partial charge in [0.1, 0.15) is 5.82 Å². The van der Waals surface area contributed by atoms with Crippen molar-refractivity contribution in [2.24, 2.45) is 0 Å². The Bertz CT molecular complexity index is 348. The van der Waals surface area contributed by atoms with E-state index < -0.39 is 0 Å². The molecule has 1 rings (SSSR count). The zero-order valence-corrected chi connectivity index (χ0v) is 11.8. The standard InChI is InChI=1S/C15H24FNO/c1-15(2,18-4)10-9-14(17-3)11-12-5-7-13(16)8-6-12/h5-8,14,17H,9-11H2,1-4H3. The molecule has 1 aromatic carbocycles. The molecule has 0 amide bonds. The number of benzene rings is 1. The quantitative estimate of drug-likeness (QED) is 0.806. The van der Waals surface area contributed by atoms with Gasteiger partial charge in [-0.1, -0.05) is 12.1 Å². The molecule has 0 radical (unpaired) electrons. The average molecular weight is 253 g/mol. The summed E-state index contributed by atoms with van der Waals surface area (Å²) in [5, 5.41) is 3.31. The monoisotopic (exact) mass is 253 g/mol. The second-order valence-electron chi connectivity index (χ2n) is 5.32. The summed E-state index contributed by atoms with van der Waals surface area (Å²) in [7, 11) is 3.71. The molecule has 0 aliphatic rings. The van der Waals surface area contributed by atoms with Crippen molar-refractivity contribution in [3.63, 3.8) is 0 Å². The summed E-state index contributed by atoms with van der Waals surface area (Å²) in [6, 6.07) is 7.12. The van der Waals surface area contributed by atoms with Crippen molar-refractivity contribution in [3.05, 3.63) is 35.6 Å². The lowest BCUT2D eigenvalue weighted by atomic mass is 9.95. The van der Waals surface area contributed by atoms with Crippen LogP contribution >= 0.6 is 0 Å². The van der Waals surface area contributed by atoms with Crippen LogP contribution < -0.4 is 5.32 Å². The Kier molecular flexibility index (Phi) is 5.76. The van der Waals surface area contributed by atoms with Crippen LogP contribution in [0, 0.1) is 5.82 Å². The highest BCUT2D eigenvalue weighted by atomic mass is 19.1. The molecule has 0 saturated heterocycles. The lowest BCUT2D eigenvalue weighted by Gasteiger charge is -2.25. The fourth-order valence-corrected chi connectivity index (χ4v) is 1.88. The van der Waals surface area contributed by atoms with E-state index in [9.17, 15) is 4.39 Å². The van der Waals surface area contributed by atoms with E-state index in [0.29, 0.717) is 6.04 Å². The maximum absolute atomic E-state index is 12.8. The minimum atomic E-state index is -0.180. The van der Waals surface area contributed by atoms with Crippen molar-refractivity contribution in [3.8, 4) is 0 Å². The van der Waals surface area contributed by atoms with Crippen LogP contribution in [-0.4, -0.2) is 25.8 Å². The molecule has 1 aromatic rings. The molecule has 18 heavy (non-hydrogen) atoms. The van der Waals surface area contributed by atoms with E-state index in [4.69, 9.17) is 4.74 Å². The van der Waals surface area contributed by atoms with Crippen molar-refractivity contribution < 1.29 is 9.13 Å². The predicted molar refractivity (Wildman–Crippen MR) is 73.3 cm³/mol. The lowest BCUT2D eigenvalue weighted by Crippen LogP contribution is -2.31. The first-order valence-electron chi connectivity index (χ1n) is 6.44. The largest absolute Gasteiger partial charge is 0.379 e. The topological polar surface area (TPSA) is 21.3 Å². The molecule has 3 heteroatoms. The molecule has 1 atom stereocenters. The Balaban J connectivity index is 2.49. The molecule has 0 bridgehead atoms. The number of likely N-dealkylation sites (N-methyl/N-ethyl adjacent to an activating group) is 1. The first kappa shape index (κ1) is 15.1. The SMILES string of the molecule is CNC(CCC(C)(C)OC)Cc1ccc(F)cc1. The molecular formula is C15H24FNO. The molecule has 0 aliphatic heterocycles. The third kappa shape index (κ3) is 5.15. The zero-order valence-electron chi connectivity index (χ0n) is 11.8. The Morgan fingerprint density at radius 3 is 2.39 bits per heavy atom. The highest BCUT2D eigenvalue weighted by Gasteiger charge is 2.18. The van der Waals surface area contributed by atoms with Gasteiger partial charge in [-0.3, -0.25) is 0 Å². The molecule has 0 spiro atoms. The summed E-state index contributed by atoms with van der Waals surface area (Å²) in [6.07, 6.45) is 2.95. The van der Waals surface area contributed by atoms with Gasteiger partial charge >= 0.3 is 0 Å². The van der Waals surface area contributed by atoms with Crippen LogP contribution in [-0.2, 0) is 11.2 Å². The van der Waals surface area contributed by atoms with Crippen LogP contribution in [0.4, 0.5) is 4.39 Å². The lowest BCUT2D eigenvalue weighted by molar-refractivity contribution is 0.0119. The van der Waals surface area contributed by atoms with E-state index in [2.05, 4.69) is 19.2 Å². The van der Waals surface area contributed by atoms with E-state index in [0.717, 1.165) is 24.8 Å². The van der Waals surface area contributed by atoms with Crippen LogP contribution in [0.3, 0.4) is 0 Å². The summed E-state index contributed by atoms with van der Waals surface area (Å²) in [5.74, 6) is -0.180. The Morgan fingerprint density at radius 2 is 1.89 bits per heavy atom. The minimum Gasteiger partial charge on any atom is -0.379 e. The van der Waals surface area contributed by atoms with Gasteiger partial charge in [0.2, 0.25) is 0 Å². The molecule has 0 aromatic heterocycles. The average Bonchev–Trinajstić information content (AvgIpc) is 2.37.